The highest BCUT2D eigenvalue weighted by Crippen LogP contribution is 2.46. The van der Waals surface area contributed by atoms with E-state index in [2.05, 4.69) is 12.2 Å². The molecular formula is C9H15NO. The van der Waals surface area contributed by atoms with Crippen LogP contribution < -0.4 is 5.32 Å². The smallest absolute Gasteiger partial charge is 0.0627 e. The molecule has 2 nitrogen and oxygen atoms in total. The first kappa shape index (κ1) is 6.44. The van der Waals surface area contributed by atoms with Gasteiger partial charge in [-0.15, -0.1) is 0 Å². The Morgan fingerprint density at radius 2 is 2.09 bits per heavy atom. The minimum absolute atomic E-state index is 0.606. The van der Waals surface area contributed by atoms with E-state index in [-0.39, 0.29) is 0 Å². The summed E-state index contributed by atoms with van der Waals surface area (Å²) in [7, 11) is 0. The average molecular weight is 153 g/mol. The van der Waals surface area contributed by atoms with Gasteiger partial charge in [0.05, 0.1) is 12.2 Å². The van der Waals surface area contributed by atoms with Crippen molar-refractivity contribution >= 4 is 0 Å². The molecule has 2 heteroatoms. The highest BCUT2D eigenvalue weighted by atomic mass is 16.5. The number of nitrogens with one attached hydrogen (secondary N) is 1. The van der Waals surface area contributed by atoms with E-state index in [1.165, 1.54) is 19.4 Å². The van der Waals surface area contributed by atoms with Crippen molar-refractivity contribution in [2.75, 3.05) is 6.54 Å². The number of ether oxygens (including phenoxy) is 1. The minimum atomic E-state index is 0.606. The molecule has 3 aliphatic heterocycles. The molecule has 62 valence electrons. The molecule has 2 bridgehead atoms. The standard InChI is InChI=1S/C9H15NO/c1-5-9-6(4-10-5)7-2-3-8(9)11-7/h5-10H,2-4H2,1H3/t5-,6-,7+,8-,9-/m1/s1. The van der Waals surface area contributed by atoms with Gasteiger partial charge in [0, 0.05) is 24.4 Å². The zero-order valence-electron chi connectivity index (χ0n) is 6.92. The van der Waals surface area contributed by atoms with Crippen LogP contribution in [0.3, 0.4) is 0 Å². The fourth-order valence-electron chi connectivity index (χ4n) is 3.23. The third-order valence-corrected chi connectivity index (χ3v) is 3.74. The van der Waals surface area contributed by atoms with Crippen LogP contribution in [0.4, 0.5) is 0 Å². The van der Waals surface area contributed by atoms with Crippen molar-refractivity contribution in [1.82, 2.24) is 5.32 Å². The van der Waals surface area contributed by atoms with E-state index in [0.29, 0.717) is 18.2 Å². The van der Waals surface area contributed by atoms with Crippen molar-refractivity contribution in [2.45, 2.75) is 38.0 Å². The van der Waals surface area contributed by atoms with Crippen LogP contribution in [-0.2, 0) is 4.74 Å². The summed E-state index contributed by atoms with van der Waals surface area (Å²) in [5.74, 6) is 1.69. The van der Waals surface area contributed by atoms with Crippen molar-refractivity contribution in [3.63, 3.8) is 0 Å². The highest BCUT2D eigenvalue weighted by molar-refractivity contribution is 5.04. The number of hydrogen-bond donors (Lipinski definition) is 1. The molecule has 0 spiro atoms. The molecular weight excluding hydrogens is 138 g/mol. The van der Waals surface area contributed by atoms with Gasteiger partial charge in [0.15, 0.2) is 0 Å². The Hall–Kier alpha value is -0.0800. The predicted octanol–water partition coefficient (Wildman–Crippen LogP) is 0.772. The first-order chi connectivity index (χ1) is 5.36. The fourth-order valence-corrected chi connectivity index (χ4v) is 3.23. The Morgan fingerprint density at radius 1 is 1.27 bits per heavy atom. The van der Waals surface area contributed by atoms with Gasteiger partial charge in [-0.1, -0.05) is 0 Å². The summed E-state index contributed by atoms with van der Waals surface area (Å²) in [6, 6.07) is 0.704. The van der Waals surface area contributed by atoms with Crippen molar-refractivity contribution in [2.24, 2.45) is 11.8 Å². The molecule has 0 aromatic carbocycles. The molecule has 0 aliphatic carbocycles. The monoisotopic (exact) mass is 153 g/mol. The molecule has 0 aromatic rings. The van der Waals surface area contributed by atoms with Crippen LogP contribution in [0, 0.1) is 11.8 Å². The third-order valence-electron chi connectivity index (χ3n) is 3.74. The van der Waals surface area contributed by atoms with Crippen molar-refractivity contribution in [3.05, 3.63) is 0 Å². The first-order valence-electron chi connectivity index (χ1n) is 4.75. The summed E-state index contributed by atoms with van der Waals surface area (Å²) in [4.78, 5) is 0. The Balaban J connectivity index is 1.91. The van der Waals surface area contributed by atoms with E-state index in [1.54, 1.807) is 0 Å². The molecule has 0 unspecified atom stereocenters. The molecule has 3 saturated heterocycles. The zero-order valence-corrected chi connectivity index (χ0v) is 6.92. The maximum absolute atomic E-state index is 5.87. The largest absolute Gasteiger partial charge is 0.374 e. The van der Waals surface area contributed by atoms with Gasteiger partial charge in [0.1, 0.15) is 0 Å². The van der Waals surface area contributed by atoms with Crippen LogP contribution in [0.25, 0.3) is 0 Å². The van der Waals surface area contributed by atoms with Crippen LogP contribution in [0.1, 0.15) is 19.8 Å². The number of fused-ring (bicyclic) bond motifs is 5. The van der Waals surface area contributed by atoms with E-state index in [1.807, 2.05) is 0 Å². The van der Waals surface area contributed by atoms with E-state index in [4.69, 9.17) is 4.74 Å². The number of rotatable bonds is 0. The molecule has 1 N–H and O–H groups in total. The fraction of sp³-hybridized carbons (Fsp3) is 1.00. The molecule has 3 fully saturated rings. The van der Waals surface area contributed by atoms with Gasteiger partial charge < -0.3 is 10.1 Å². The summed E-state index contributed by atoms with van der Waals surface area (Å²) in [5, 5.41) is 3.54. The Morgan fingerprint density at radius 3 is 2.91 bits per heavy atom. The Kier molecular flexibility index (Phi) is 1.16. The summed E-state index contributed by atoms with van der Waals surface area (Å²) in [5.41, 5.74) is 0. The SMILES string of the molecule is C[C@H]1NC[C@H]2[C@@H]1[C@H]1CC[C@@H]2O1. The Labute approximate surface area is 67.3 Å². The lowest BCUT2D eigenvalue weighted by Crippen LogP contribution is -2.30. The molecule has 0 aromatic heterocycles. The van der Waals surface area contributed by atoms with Crippen molar-refractivity contribution in [1.29, 1.82) is 0 Å². The van der Waals surface area contributed by atoms with Crippen LogP contribution in [0.5, 0.6) is 0 Å². The van der Waals surface area contributed by atoms with E-state index >= 15 is 0 Å². The molecule has 3 rings (SSSR count). The second-order valence-electron chi connectivity index (χ2n) is 4.23. The summed E-state index contributed by atoms with van der Waals surface area (Å²) in [6.07, 6.45) is 3.86. The van der Waals surface area contributed by atoms with Gasteiger partial charge in [-0.05, 0) is 19.8 Å². The van der Waals surface area contributed by atoms with E-state index < -0.39 is 0 Å². The van der Waals surface area contributed by atoms with Gasteiger partial charge in [0.25, 0.3) is 0 Å². The molecule has 3 aliphatic rings. The molecule has 5 atom stereocenters. The summed E-state index contributed by atoms with van der Waals surface area (Å²) in [6.45, 7) is 3.50. The first-order valence-corrected chi connectivity index (χ1v) is 4.75. The topological polar surface area (TPSA) is 21.3 Å². The van der Waals surface area contributed by atoms with E-state index in [0.717, 1.165) is 11.8 Å². The van der Waals surface area contributed by atoms with Gasteiger partial charge in [0.2, 0.25) is 0 Å². The molecule has 11 heavy (non-hydrogen) atoms. The zero-order chi connectivity index (χ0) is 7.42. The third kappa shape index (κ3) is 0.695. The maximum atomic E-state index is 5.87. The molecule has 3 heterocycles. The van der Waals surface area contributed by atoms with Crippen LogP contribution in [0.2, 0.25) is 0 Å². The normalized spacial score (nSPS) is 60.3. The summed E-state index contributed by atoms with van der Waals surface area (Å²) >= 11 is 0. The average Bonchev–Trinajstić information content (AvgIpc) is 2.60. The second-order valence-corrected chi connectivity index (χ2v) is 4.23. The predicted molar refractivity (Wildman–Crippen MR) is 42.3 cm³/mol. The lowest BCUT2D eigenvalue weighted by molar-refractivity contribution is 0.0791. The van der Waals surface area contributed by atoms with Gasteiger partial charge in [-0.2, -0.15) is 0 Å². The minimum Gasteiger partial charge on any atom is -0.374 e. The van der Waals surface area contributed by atoms with Gasteiger partial charge in [-0.3, -0.25) is 0 Å². The molecule has 0 radical (unpaired) electrons. The van der Waals surface area contributed by atoms with Crippen LogP contribution >= 0.6 is 0 Å². The lowest BCUT2D eigenvalue weighted by atomic mass is 9.79. The maximum Gasteiger partial charge on any atom is 0.0627 e. The van der Waals surface area contributed by atoms with Crippen LogP contribution in [0.15, 0.2) is 0 Å². The van der Waals surface area contributed by atoms with Crippen molar-refractivity contribution in [3.8, 4) is 0 Å². The Bertz CT molecular complexity index is 182. The molecule has 0 amide bonds. The van der Waals surface area contributed by atoms with Gasteiger partial charge in [-0.25, -0.2) is 0 Å². The van der Waals surface area contributed by atoms with Gasteiger partial charge >= 0.3 is 0 Å². The molecule has 0 saturated carbocycles. The summed E-state index contributed by atoms with van der Waals surface area (Å²) < 4.78 is 5.87. The highest BCUT2D eigenvalue weighted by Gasteiger charge is 2.53. The van der Waals surface area contributed by atoms with E-state index in [9.17, 15) is 0 Å². The van der Waals surface area contributed by atoms with Crippen molar-refractivity contribution < 1.29 is 4.74 Å². The lowest BCUT2D eigenvalue weighted by Gasteiger charge is -2.22. The second kappa shape index (κ2) is 1.99. The van der Waals surface area contributed by atoms with Crippen LogP contribution in [-0.4, -0.2) is 24.8 Å². The quantitative estimate of drug-likeness (QED) is 0.555. The number of hydrogen-bond acceptors (Lipinski definition) is 2.